The summed E-state index contributed by atoms with van der Waals surface area (Å²) >= 11 is 0. The Morgan fingerprint density at radius 1 is 1.40 bits per heavy atom. The second-order valence-electron chi connectivity index (χ2n) is 1.68. The topological polar surface area (TPSA) is 38.3 Å². The van der Waals surface area contributed by atoms with Crippen LogP contribution in [0, 0.1) is 0 Å². The van der Waals surface area contributed by atoms with Gasteiger partial charge in [0.15, 0.2) is 0 Å². The predicted molar refractivity (Wildman–Crippen MR) is 42.0 cm³/mol. The molecule has 0 aromatic rings. The molecule has 0 fully saturated rings. The maximum absolute atomic E-state index is 10.1. The minimum Gasteiger partial charge on any atom is -0.450 e. The van der Waals surface area contributed by atoms with E-state index in [1.165, 1.54) is 13.5 Å². The quantitative estimate of drug-likeness (QED) is 0.614. The number of rotatable bonds is 1. The summed E-state index contributed by atoms with van der Waals surface area (Å²) in [6.45, 7) is 6.44. The Kier molecular flexibility index (Phi) is 13.3. The van der Waals surface area contributed by atoms with Crippen LogP contribution < -0.4 is 5.32 Å². The number of carbonyl (C=O) groups is 1. The largest absolute Gasteiger partial charge is 0.450 e. The highest BCUT2D eigenvalue weighted by Gasteiger charge is 1.89. The molecule has 3 nitrogen and oxygen atoms in total. The van der Waals surface area contributed by atoms with Gasteiger partial charge in [0.25, 0.3) is 0 Å². The van der Waals surface area contributed by atoms with Gasteiger partial charge in [0.05, 0.1) is 6.61 Å². The van der Waals surface area contributed by atoms with Crippen LogP contribution >= 0.6 is 0 Å². The van der Waals surface area contributed by atoms with E-state index in [4.69, 9.17) is 0 Å². The summed E-state index contributed by atoms with van der Waals surface area (Å²) in [6, 6.07) is 0. The molecule has 1 N–H and O–H groups in total. The molecular formula is C7H17NO2. The highest BCUT2D eigenvalue weighted by atomic mass is 16.5. The fourth-order valence-corrected chi connectivity index (χ4v) is 0.203. The van der Waals surface area contributed by atoms with E-state index < -0.39 is 0 Å². The third kappa shape index (κ3) is 15.7. The highest BCUT2D eigenvalue weighted by molar-refractivity contribution is 5.66. The molecule has 3 heteroatoms. The van der Waals surface area contributed by atoms with Crippen molar-refractivity contribution >= 4 is 6.09 Å². The van der Waals surface area contributed by atoms with Crippen LogP contribution in [0.4, 0.5) is 4.79 Å². The number of carbonyl (C=O) groups excluding carboxylic acids is 1. The van der Waals surface area contributed by atoms with Crippen LogP contribution in [0.3, 0.4) is 0 Å². The highest BCUT2D eigenvalue weighted by Crippen LogP contribution is 1.70. The summed E-state index contributed by atoms with van der Waals surface area (Å²) in [7, 11) is 1.53. The van der Waals surface area contributed by atoms with Crippen molar-refractivity contribution in [1.82, 2.24) is 5.32 Å². The Labute approximate surface area is 62.8 Å². The summed E-state index contributed by atoms with van der Waals surface area (Å²) < 4.78 is 4.44. The van der Waals surface area contributed by atoms with Gasteiger partial charge in [-0.05, 0) is 6.92 Å². The third-order valence-electron chi connectivity index (χ3n) is 0.480. The Hall–Kier alpha value is -0.730. The van der Waals surface area contributed by atoms with Gasteiger partial charge in [-0.25, -0.2) is 4.79 Å². The first kappa shape index (κ1) is 12.0. The van der Waals surface area contributed by atoms with Crippen molar-refractivity contribution in [3.8, 4) is 0 Å². The number of alkyl carbamates (subject to hydrolysis) is 1. The predicted octanol–water partition coefficient (Wildman–Crippen LogP) is 1.78. The summed E-state index contributed by atoms with van der Waals surface area (Å²) in [5.41, 5.74) is 0. The van der Waals surface area contributed by atoms with Crippen molar-refractivity contribution in [3.63, 3.8) is 0 Å². The van der Waals surface area contributed by atoms with Crippen molar-refractivity contribution < 1.29 is 9.53 Å². The Morgan fingerprint density at radius 3 is 1.90 bits per heavy atom. The number of hydrogen-bond acceptors (Lipinski definition) is 2. The second kappa shape index (κ2) is 11.1. The van der Waals surface area contributed by atoms with Crippen molar-refractivity contribution in [2.45, 2.75) is 27.2 Å². The molecule has 0 atom stereocenters. The molecular weight excluding hydrogens is 130 g/mol. The summed E-state index contributed by atoms with van der Waals surface area (Å²) in [5.74, 6) is 0. The fourth-order valence-electron chi connectivity index (χ4n) is 0.203. The molecule has 0 aliphatic rings. The zero-order valence-electron chi connectivity index (χ0n) is 7.23. The molecule has 62 valence electrons. The van der Waals surface area contributed by atoms with E-state index >= 15 is 0 Å². The number of ether oxygens (including phenoxy) is 1. The fraction of sp³-hybridized carbons (Fsp3) is 0.857. The molecule has 0 unspecified atom stereocenters. The molecule has 10 heavy (non-hydrogen) atoms. The molecule has 0 bridgehead atoms. The number of hydrogen-bond donors (Lipinski definition) is 1. The van der Waals surface area contributed by atoms with Crippen LogP contribution in [0.2, 0.25) is 0 Å². The molecule has 0 saturated carbocycles. The van der Waals surface area contributed by atoms with E-state index in [9.17, 15) is 4.79 Å². The van der Waals surface area contributed by atoms with Crippen molar-refractivity contribution in [3.05, 3.63) is 0 Å². The van der Waals surface area contributed by atoms with Crippen molar-refractivity contribution in [1.29, 1.82) is 0 Å². The second-order valence-corrected chi connectivity index (χ2v) is 1.68. The van der Waals surface area contributed by atoms with E-state index in [0.717, 1.165) is 0 Å². The van der Waals surface area contributed by atoms with E-state index in [1.54, 1.807) is 6.92 Å². The molecule has 0 heterocycles. The van der Waals surface area contributed by atoms with Crippen molar-refractivity contribution in [2.75, 3.05) is 13.7 Å². The summed E-state index contributed by atoms with van der Waals surface area (Å²) in [4.78, 5) is 10.1. The summed E-state index contributed by atoms with van der Waals surface area (Å²) in [5, 5.41) is 2.30. The van der Waals surface area contributed by atoms with Crippen molar-refractivity contribution in [2.24, 2.45) is 0 Å². The van der Waals surface area contributed by atoms with E-state index in [1.807, 2.05) is 0 Å². The Morgan fingerprint density at radius 2 is 1.80 bits per heavy atom. The van der Waals surface area contributed by atoms with E-state index in [2.05, 4.69) is 23.9 Å². The number of nitrogens with one attached hydrogen (secondary N) is 1. The SMILES string of the molecule is CCC.CCOC(=O)NC. The lowest BCUT2D eigenvalue weighted by Gasteiger charge is -1.95. The minimum absolute atomic E-state index is 0.373. The van der Waals surface area contributed by atoms with Gasteiger partial charge in [0.1, 0.15) is 0 Å². The van der Waals surface area contributed by atoms with Gasteiger partial charge < -0.3 is 10.1 Å². The van der Waals surface area contributed by atoms with E-state index in [-0.39, 0.29) is 6.09 Å². The lowest BCUT2D eigenvalue weighted by atomic mass is 10.6. The standard InChI is InChI=1S/C4H9NO2.C3H8/c1-3-7-4(6)5-2;1-3-2/h3H2,1-2H3,(H,5,6);3H2,1-2H3. The molecule has 0 saturated heterocycles. The molecule has 0 radical (unpaired) electrons. The third-order valence-corrected chi connectivity index (χ3v) is 0.480. The van der Waals surface area contributed by atoms with Gasteiger partial charge in [0.2, 0.25) is 0 Å². The minimum atomic E-state index is -0.373. The van der Waals surface area contributed by atoms with Gasteiger partial charge in [-0.2, -0.15) is 0 Å². The average Bonchev–Trinajstić information content (AvgIpc) is 1.90. The normalized spacial score (nSPS) is 7.20. The molecule has 0 aliphatic carbocycles. The van der Waals surface area contributed by atoms with E-state index in [0.29, 0.717) is 6.61 Å². The molecule has 0 spiro atoms. The molecule has 0 aliphatic heterocycles. The maximum Gasteiger partial charge on any atom is 0.406 e. The lowest BCUT2D eigenvalue weighted by Crippen LogP contribution is -2.18. The zero-order valence-corrected chi connectivity index (χ0v) is 7.23. The molecule has 1 amide bonds. The number of amides is 1. The smallest absolute Gasteiger partial charge is 0.406 e. The van der Waals surface area contributed by atoms with Gasteiger partial charge in [0, 0.05) is 7.05 Å². The Bertz CT molecular complexity index is 74.0. The first-order chi connectivity index (χ1) is 4.72. The van der Waals surface area contributed by atoms with Gasteiger partial charge in [-0.3, -0.25) is 0 Å². The van der Waals surface area contributed by atoms with Crippen LogP contribution in [0.1, 0.15) is 27.2 Å². The van der Waals surface area contributed by atoms with Crippen LogP contribution in [0.15, 0.2) is 0 Å². The first-order valence-electron chi connectivity index (χ1n) is 3.57. The van der Waals surface area contributed by atoms with Gasteiger partial charge >= 0.3 is 6.09 Å². The van der Waals surface area contributed by atoms with Crippen LogP contribution in [0.25, 0.3) is 0 Å². The lowest BCUT2D eigenvalue weighted by molar-refractivity contribution is 0.154. The molecule has 0 rings (SSSR count). The first-order valence-corrected chi connectivity index (χ1v) is 3.57. The average molecular weight is 147 g/mol. The molecule has 0 aromatic carbocycles. The van der Waals surface area contributed by atoms with Crippen LogP contribution in [-0.4, -0.2) is 19.7 Å². The molecule has 0 aromatic heterocycles. The monoisotopic (exact) mass is 147 g/mol. The maximum atomic E-state index is 10.1. The van der Waals surface area contributed by atoms with Gasteiger partial charge in [-0.15, -0.1) is 0 Å². The van der Waals surface area contributed by atoms with Crippen LogP contribution in [0.5, 0.6) is 0 Å². The zero-order chi connectivity index (χ0) is 8.41. The van der Waals surface area contributed by atoms with Crippen LogP contribution in [-0.2, 0) is 4.74 Å². The Balaban J connectivity index is 0. The summed E-state index contributed by atoms with van der Waals surface area (Å²) in [6.07, 6.45) is 0.877. The van der Waals surface area contributed by atoms with Gasteiger partial charge in [-0.1, -0.05) is 20.3 Å².